The van der Waals surface area contributed by atoms with Crippen LogP contribution in [0.5, 0.6) is 17.2 Å². The molecule has 2 N–H and O–H groups in total. The van der Waals surface area contributed by atoms with E-state index >= 15 is 0 Å². The van der Waals surface area contributed by atoms with Crippen molar-refractivity contribution in [1.82, 2.24) is 4.98 Å². The van der Waals surface area contributed by atoms with Gasteiger partial charge in [-0.2, -0.15) is 0 Å². The first kappa shape index (κ1) is 22.4. The van der Waals surface area contributed by atoms with E-state index in [1.165, 1.54) is 11.3 Å². The first-order chi connectivity index (χ1) is 14.9. The van der Waals surface area contributed by atoms with E-state index in [0.29, 0.717) is 59.1 Å². The Morgan fingerprint density at radius 3 is 2.45 bits per heavy atom. The van der Waals surface area contributed by atoms with Crippen LogP contribution in [0.2, 0.25) is 0 Å². The Labute approximate surface area is 185 Å². The van der Waals surface area contributed by atoms with Crippen LogP contribution in [0.3, 0.4) is 0 Å². The molecule has 0 aliphatic rings. The highest BCUT2D eigenvalue weighted by molar-refractivity contribution is 7.07. The molecule has 2 aromatic carbocycles. The maximum atomic E-state index is 12.3. The van der Waals surface area contributed by atoms with Crippen LogP contribution in [0.25, 0.3) is 22.4 Å². The summed E-state index contributed by atoms with van der Waals surface area (Å²) in [6.07, 6.45) is 0.358. The highest BCUT2D eigenvalue weighted by Gasteiger charge is 2.26. The third kappa shape index (κ3) is 4.72. The summed E-state index contributed by atoms with van der Waals surface area (Å²) < 4.78 is 11.4. The van der Waals surface area contributed by atoms with Gasteiger partial charge in [0.2, 0.25) is 0 Å². The van der Waals surface area contributed by atoms with E-state index < -0.39 is 5.97 Å². The number of hydrogen-bond acceptors (Lipinski definition) is 6. The smallest absolute Gasteiger partial charge is 0.340 e. The molecule has 3 rings (SSSR count). The number of rotatable bonds is 9. The maximum absolute atomic E-state index is 12.3. The number of aromatic carboxylic acids is 1. The SMILES string of the molecule is C=C(C)Cc1cc(-c2cscn2)c(-c2ccc(OCC)c(OCC)c2)c(C(=O)O)c1O. The molecule has 0 radical (unpaired) electrons. The fourth-order valence-electron chi connectivity index (χ4n) is 3.45. The van der Waals surface area contributed by atoms with Crippen molar-refractivity contribution in [2.24, 2.45) is 0 Å². The van der Waals surface area contributed by atoms with Crippen LogP contribution in [0, 0.1) is 0 Å². The maximum Gasteiger partial charge on any atom is 0.340 e. The number of aromatic nitrogens is 1. The lowest BCUT2D eigenvalue weighted by atomic mass is 9.88. The standard InChI is InChI=1S/C24H25NO5S/c1-5-29-19-8-7-15(11-20(19)30-6-2)21-17(18-12-31-13-25-18)10-16(9-14(3)4)23(26)22(21)24(27)28/h7-8,10-13,26H,3,5-6,9H2,1-2,4H3,(H,27,28). The number of ether oxygens (including phenoxy) is 2. The average molecular weight is 440 g/mol. The van der Waals surface area contributed by atoms with E-state index in [-0.39, 0.29) is 11.3 Å². The van der Waals surface area contributed by atoms with E-state index in [2.05, 4.69) is 11.6 Å². The molecule has 0 amide bonds. The lowest BCUT2D eigenvalue weighted by molar-refractivity contribution is 0.0694. The van der Waals surface area contributed by atoms with E-state index in [9.17, 15) is 15.0 Å². The molecule has 3 aromatic rings. The van der Waals surface area contributed by atoms with Gasteiger partial charge in [-0.3, -0.25) is 0 Å². The van der Waals surface area contributed by atoms with Gasteiger partial charge in [0.05, 0.1) is 24.4 Å². The summed E-state index contributed by atoms with van der Waals surface area (Å²) in [5.41, 5.74) is 5.05. The van der Waals surface area contributed by atoms with Gasteiger partial charge in [-0.05, 0) is 56.5 Å². The summed E-state index contributed by atoms with van der Waals surface area (Å²) in [6.45, 7) is 10.4. The Bertz CT molecular complexity index is 1110. The highest BCUT2D eigenvalue weighted by Crippen LogP contribution is 2.44. The number of nitrogens with zero attached hydrogens (tertiary/aromatic N) is 1. The molecule has 0 saturated carbocycles. The van der Waals surface area contributed by atoms with Crippen molar-refractivity contribution in [3.8, 4) is 39.6 Å². The number of carbonyl (C=O) groups is 1. The van der Waals surface area contributed by atoms with Gasteiger partial charge in [-0.15, -0.1) is 11.3 Å². The summed E-state index contributed by atoms with van der Waals surface area (Å²) in [7, 11) is 0. The molecule has 0 aliphatic carbocycles. The molecule has 6 nitrogen and oxygen atoms in total. The Hall–Kier alpha value is -3.32. The highest BCUT2D eigenvalue weighted by atomic mass is 32.1. The summed E-state index contributed by atoms with van der Waals surface area (Å²) in [5.74, 6) is -0.410. The van der Waals surface area contributed by atoms with Crippen LogP contribution in [0.4, 0.5) is 0 Å². The van der Waals surface area contributed by atoms with Crippen LogP contribution in [-0.4, -0.2) is 34.4 Å². The van der Waals surface area contributed by atoms with Crippen molar-refractivity contribution in [3.05, 3.63) is 58.4 Å². The topological polar surface area (TPSA) is 88.9 Å². The monoisotopic (exact) mass is 439 g/mol. The predicted octanol–water partition coefficient (Wildman–Crippen LogP) is 5.80. The molecule has 0 aliphatic heterocycles. The largest absolute Gasteiger partial charge is 0.507 e. The number of phenols is 1. The zero-order valence-electron chi connectivity index (χ0n) is 17.8. The first-order valence-electron chi connectivity index (χ1n) is 9.92. The second-order valence-corrected chi connectivity index (χ2v) is 7.74. The molecular weight excluding hydrogens is 414 g/mol. The Morgan fingerprint density at radius 1 is 1.16 bits per heavy atom. The van der Waals surface area contributed by atoms with Gasteiger partial charge in [0.15, 0.2) is 11.5 Å². The van der Waals surface area contributed by atoms with E-state index in [4.69, 9.17) is 9.47 Å². The Morgan fingerprint density at radius 2 is 1.87 bits per heavy atom. The van der Waals surface area contributed by atoms with E-state index in [1.54, 1.807) is 29.8 Å². The average Bonchev–Trinajstić information content (AvgIpc) is 3.25. The van der Waals surface area contributed by atoms with Crippen LogP contribution in [0.1, 0.15) is 36.7 Å². The number of thiazole rings is 1. The Balaban J connectivity index is 2.35. The fraction of sp³-hybridized carbons (Fsp3) is 0.250. The van der Waals surface area contributed by atoms with Gasteiger partial charge in [0, 0.05) is 16.5 Å². The number of carboxylic acid groups (broad SMARTS) is 1. The molecule has 0 bridgehead atoms. The lowest BCUT2D eigenvalue weighted by Gasteiger charge is -2.19. The number of carboxylic acids is 1. The normalized spacial score (nSPS) is 10.7. The second kappa shape index (κ2) is 9.66. The minimum absolute atomic E-state index is 0.173. The minimum Gasteiger partial charge on any atom is -0.507 e. The molecule has 0 fully saturated rings. The van der Waals surface area contributed by atoms with Crippen molar-refractivity contribution >= 4 is 17.3 Å². The van der Waals surface area contributed by atoms with E-state index in [0.717, 1.165) is 5.57 Å². The van der Waals surface area contributed by atoms with Gasteiger partial charge in [0.25, 0.3) is 0 Å². The molecular formula is C24H25NO5S. The van der Waals surface area contributed by atoms with Gasteiger partial charge < -0.3 is 19.7 Å². The molecule has 1 heterocycles. The molecule has 0 unspecified atom stereocenters. The first-order valence-corrected chi connectivity index (χ1v) is 10.9. The predicted molar refractivity (Wildman–Crippen MR) is 122 cm³/mol. The number of hydrogen-bond donors (Lipinski definition) is 2. The van der Waals surface area contributed by atoms with Gasteiger partial charge >= 0.3 is 5.97 Å². The van der Waals surface area contributed by atoms with E-state index in [1.807, 2.05) is 26.2 Å². The molecule has 162 valence electrons. The van der Waals surface area contributed by atoms with Crippen molar-refractivity contribution < 1.29 is 24.5 Å². The molecule has 1 aromatic heterocycles. The Kier molecular flexibility index (Phi) is 6.97. The van der Waals surface area contributed by atoms with Crippen LogP contribution < -0.4 is 9.47 Å². The van der Waals surface area contributed by atoms with Crippen LogP contribution >= 0.6 is 11.3 Å². The molecule has 0 saturated heterocycles. The summed E-state index contributed by atoms with van der Waals surface area (Å²) in [5, 5.41) is 22.8. The van der Waals surface area contributed by atoms with Crippen molar-refractivity contribution in [1.29, 1.82) is 0 Å². The third-order valence-corrected chi connectivity index (χ3v) is 5.21. The zero-order valence-corrected chi connectivity index (χ0v) is 18.6. The lowest BCUT2D eigenvalue weighted by Crippen LogP contribution is -2.06. The summed E-state index contributed by atoms with van der Waals surface area (Å²) in [4.78, 5) is 16.7. The number of allylic oxidation sites excluding steroid dienone is 1. The van der Waals surface area contributed by atoms with Gasteiger partial charge in [-0.1, -0.05) is 18.2 Å². The minimum atomic E-state index is -1.22. The summed E-state index contributed by atoms with van der Waals surface area (Å²) >= 11 is 1.41. The van der Waals surface area contributed by atoms with Crippen molar-refractivity contribution in [2.45, 2.75) is 27.2 Å². The quantitative estimate of drug-likeness (QED) is 0.410. The van der Waals surface area contributed by atoms with Crippen LogP contribution in [-0.2, 0) is 6.42 Å². The van der Waals surface area contributed by atoms with Gasteiger partial charge in [0.1, 0.15) is 11.3 Å². The van der Waals surface area contributed by atoms with Crippen molar-refractivity contribution in [3.63, 3.8) is 0 Å². The molecule has 0 spiro atoms. The molecule has 0 atom stereocenters. The van der Waals surface area contributed by atoms with Crippen LogP contribution in [0.15, 0.2) is 47.3 Å². The van der Waals surface area contributed by atoms with Gasteiger partial charge in [-0.25, -0.2) is 9.78 Å². The second-order valence-electron chi connectivity index (χ2n) is 7.02. The summed E-state index contributed by atoms with van der Waals surface area (Å²) in [6, 6.07) is 7.05. The number of benzene rings is 2. The fourth-order valence-corrected chi connectivity index (χ4v) is 4.00. The van der Waals surface area contributed by atoms with Crippen molar-refractivity contribution in [2.75, 3.05) is 13.2 Å². The molecule has 31 heavy (non-hydrogen) atoms. The zero-order chi connectivity index (χ0) is 22.5. The number of aromatic hydroxyl groups is 1. The molecule has 7 heteroatoms. The third-order valence-electron chi connectivity index (χ3n) is 4.63.